The molecule has 1 aromatic rings. The van der Waals surface area contributed by atoms with Crippen LogP contribution in [-0.4, -0.2) is 24.8 Å². The first-order valence-corrected chi connectivity index (χ1v) is 5.90. The van der Waals surface area contributed by atoms with Crippen molar-refractivity contribution in [2.75, 3.05) is 19.7 Å². The van der Waals surface area contributed by atoms with E-state index in [4.69, 9.17) is 9.84 Å². The molecule has 0 heterocycles. The van der Waals surface area contributed by atoms with Crippen molar-refractivity contribution in [3.05, 3.63) is 29.8 Å². The number of rotatable bonds is 8. The molecular weight excluding hydrogens is 202 g/mol. The molecule has 0 saturated carbocycles. The maximum Gasteiger partial charge on any atom is 0.119 e. The van der Waals surface area contributed by atoms with E-state index < -0.39 is 0 Å². The Balaban J connectivity index is 2.12. The average Bonchev–Trinajstić information content (AvgIpc) is 2.34. The van der Waals surface area contributed by atoms with E-state index in [1.165, 1.54) is 6.42 Å². The van der Waals surface area contributed by atoms with Crippen molar-refractivity contribution in [2.45, 2.75) is 26.4 Å². The zero-order chi connectivity index (χ0) is 11.6. The topological polar surface area (TPSA) is 41.5 Å². The van der Waals surface area contributed by atoms with Gasteiger partial charge < -0.3 is 15.2 Å². The van der Waals surface area contributed by atoms with Crippen LogP contribution < -0.4 is 10.1 Å². The van der Waals surface area contributed by atoms with E-state index in [0.717, 1.165) is 37.4 Å². The molecule has 90 valence electrons. The van der Waals surface area contributed by atoms with Crippen LogP contribution in [-0.2, 0) is 6.61 Å². The molecule has 0 aromatic heterocycles. The van der Waals surface area contributed by atoms with E-state index in [2.05, 4.69) is 12.2 Å². The smallest absolute Gasteiger partial charge is 0.119 e. The van der Waals surface area contributed by atoms with Gasteiger partial charge in [0.2, 0.25) is 0 Å². The second-order valence-electron chi connectivity index (χ2n) is 3.75. The highest BCUT2D eigenvalue weighted by Crippen LogP contribution is 2.12. The van der Waals surface area contributed by atoms with Gasteiger partial charge in [0.25, 0.3) is 0 Å². The van der Waals surface area contributed by atoms with Crippen molar-refractivity contribution in [1.82, 2.24) is 5.32 Å². The van der Waals surface area contributed by atoms with Crippen LogP contribution in [0, 0.1) is 0 Å². The Morgan fingerprint density at radius 1 is 1.19 bits per heavy atom. The van der Waals surface area contributed by atoms with E-state index in [-0.39, 0.29) is 6.61 Å². The summed E-state index contributed by atoms with van der Waals surface area (Å²) in [7, 11) is 0. The number of hydrogen-bond donors (Lipinski definition) is 2. The third-order valence-corrected chi connectivity index (χ3v) is 2.30. The second-order valence-corrected chi connectivity index (χ2v) is 3.75. The van der Waals surface area contributed by atoms with Crippen molar-refractivity contribution in [2.24, 2.45) is 0 Å². The monoisotopic (exact) mass is 223 g/mol. The molecule has 0 unspecified atom stereocenters. The molecule has 0 fully saturated rings. The van der Waals surface area contributed by atoms with Gasteiger partial charge in [-0.25, -0.2) is 0 Å². The van der Waals surface area contributed by atoms with Gasteiger partial charge in [-0.3, -0.25) is 0 Å². The summed E-state index contributed by atoms with van der Waals surface area (Å²) in [5, 5.41) is 12.2. The number of aliphatic hydroxyl groups excluding tert-OH is 1. The van der Waals surface area contributed by atoms with E-state index in [9.17, 15) is 0 Å². The molecule has 0 aliphatic rings. The molecule has 0 bridgehead atoms. The largest absolute Gasteiger partial charge is 0.494 e. The average molecular weight is 223 g/mol. The Bertz CT molecular complexity index is 272. The normalized spacial score (nSPS) is 10.4. The predicted octanol–water partition coefficient (Wildman–Crippen LogP) is 1.95. The SMILES string of the molecule is CCCNCCCOc1ccc(CO)cc1. The molecule has 3 nitrogen and oxygen atoms in total. The lowest BCUT2D eigenvalue weighted by atomic mass is 10.2. The molecule has 1 aromatic carbocycles. The molecule has 0 aliphatic carbocycles. The first-order chi connectivity index (χ1) is 7.86. The minimum Gasteiger partial charge on any atom is -0.494 e. The fourth-order valence-corrected chi connectivity index (χ4v) is 1.38. The minimum absolute atomic E-state index is 0.0845. The Hall–Kier alpha value is -1.06. The summed E-state index contributed by atoms with van der Waals surface area (Å²) in [5.41, 5.74) is 0.914. The summed E-state index contributed by atoms with van der Waals surface area (Å²) in [6.45, 7) is 5.05. The van der Waals surface area contributed by atoms with Crippen molar-refractivity contribution in [3.63, 3.8) is 0 Å². The number of nitrogens with one attached hydrogen (secondary N) is 1. The number of ether oxygens (including phenoxy) is 1. The van der Waals surface area contributed by atoms with E-state index in [1.807, 2.05) is 24.3 Å². The van der Waals surface area contributed by atoms with Gasteiger partial charge in [-0.15, -0.1) is 0 Å². The summed E-state index contributed by atoms with van der Waals surface area (Å²) in [6.07, 6.45) is 2.19. The van der Waals surface area contributed by atoms with Crippen LogP contribution in [0.2, 0.25) is 0 Å². The van der Waals surface area contributed by atoms with E-state index >= 15 is 0 Å². The van der Waals surface area contributed by atoms with Gasteiger partial charge in [0, 0.05) is 0 Å². The first kappa shape index (κ1) is 13.0. The van der Waals surface area contributed by atoms with Crippen molar-refractivity contribution >= 4 is 0 Å². The van der Waals surface area contributed by atoms with Gasteiger partial charge in [-0.2, -0.15) is 0 Å². The molecule has 1 rings (SSSR count). The van der Waals surface area contributed by atoms with Gasteiger partial charge in [0.15, 0.2) is 0 Å². The lowest BCUT2D eigenvalue weighted by molar-refractivity contribution is 0.281. The lowest BCUT2D eigenvalue weighted by Crippen LogP contribution is -2.18. The van der Waals surface area contributed by atoms with E-state index in [1.54, 1.807) is 0 Å². The molecule has 16 heavy (non-hydrogen) atoms. The highest BCUT2D eigenvalue weighted by atomic mass is 16.5. The second kappa shape index (κ2) is 8.13. The maximum absolute atomic E-state index is 8.88. The van der Waals surface area contributed by atoms with Crippen LogP contribution in [0.15, 0.2) is 24.3 Å². The summed E-state index contributed by atoms with van der Waals surface area (Å²) in [6, 6.07) is 7.55. The summed E-state index contributed by atoms with van der Waals surface area (Å²) >= 11 is 0. The fraction of sp³-hybridized carbons (Fsp3) is 0.538. The molecule has 0 atom stereocenters. The number of hydrogen-bond acceptors (Lipinski definition) is 3. The predicted molar refractivity (Wildman–Crippen MR) is 65.6 cm³/mol. The Labute approximate surface area is 97.4 Å². The molecule has 0 radical (unpaired) electrons. The van der Waals surface area contributed by atoms with Gasteiger partial charge >= 0.3 is 0 Å². The minimum atomic E-state index is 0.0845. The first-order valence-electron chi connectivity index (χ1n) is 5.90. The summed E-state index contributed by atoms with van der Waals surface area (Å²) < 4.78 is 5.56. The molecular formula is C13H21NO2. The zero-order valence-corrected chi connectivity index (χ0v) is 9.91. The third kappa shape index (κ3) is 5.14. The van der Waals surface area contributed by atoms with Crippen LogP contribution in [0.3, 0.4) is 0 Å². The van der Waals surface area contributed by atoms with Crippen LogP contribution in [0.25, 0.3) is 0 Å². The van der Waals surface area contributed by atoms with Crippen LogP contribution in [0.4, 0.5) is 0 Å². The Morgan fingerprint density at radius 3 is 2.56 bits per heavy atom. The van der Waals surface area contributed by atoms with Gasteiger partial charge in [-0.05, 0) is 43.6 Å². The van der Waals surface area contributed by atoms with Crippen LogP contribution >= 0.6 is 0 Å². The Morgan fingerprint density at radius 2 is 1.94 bits per heavy atom. The summed E-state index contributed by atoms with van der Waals surface area (Å²) in [4.78, 5) is 0. The van der Waals surface area contributed by atoms with Gasteiger partial charge in [0.1, 0.15) is 5.75 Å². The van der Waals surface area contributed by atoms with Crippen LogP contribution in [0.1, 0.15) is 25.3 Å². The lowest BCUT2D eigenvalue weighted by Gasteiger charge is -2.07. The highest BCUT2D eigenvalue weighted by Gasteiger charge is 1.94. The molecule has 0 aliphatic heterocycles. The van der Waals surface area contributed by atoms with E-state index in [0.29, 0.717) is 0 Å². The Kier molecular flexibility index (Phi) is 6.61. The fourth-order valence-electron chi connectivity index (χ4n) is 1.38. The maximum atomic E-state index is 8.88. The molecule has 2 N–H and O–H groups in total. The highest BCUT2D eigenvalue weighted by molar-refractivity contribution is 5.26. The molecule has 0 saturated heterocycles. The van der Waals surface area contributed by atoms with Crippen molar-refractivity contribution in [3.8, 4) is 5.75 Å². The number of aliphatic hydroxyl groups is 1. The van der Waals surface area contributed by atoms with Crippen molar-refractivity contribution in [1.29, 1.82) is 0 Å². The van der Waals surface area contributed by atoms with Gasteiger partial charge in [0.05, 0.1) is 13.2 Å². The quantitative estimate of drug-likeness (QED) is 0.662. The third-order valence-electron chi connectivity index (χ3n) is 2.30. The van der Waals surface area contributed by atoms with Crippen molar-refractivity contribution < 1.29 is 9.84 Å². The zero-order valence-electron chi connectivity index (χ0n) is 9.91. The summed E-state index contributed by atoms with van der Waals surface area (Å²) in [5.74, 6) is 0.868. The van der Waals surface area contributed by atoms with Crippen LogP contribution in [0.5, 0.6) is 5.75 Å². The molecule has 0 spiro atoms. The molecule has 3 heteroatoms. The van der Waals surface area contributed by atoms with Gasteiger partial charge in [-0.1, -0.05) is 19.1 Å². The standard InChI is InChI=1S/C13H21NO2/c1-2-8-14-9-3-10-16-13-6-4-12(11-15)5-7-13/h4-7,14-15H,2-3,8-11H2,1H3. The molecule has 0 amide bonds. The number of benzene rings is 1.